The first kappa shape index (κ1) is 20.9. The van der Waals surface area contributed by atoms with Crippen molar-refractivity contribution in [3.8, 4) is 23.0 Å². The van der Waals surface area contributed by atoms with E-state index in [4.69, 9.17) is 24.7 Å². The highest BCUT2D eigenvalue weighted by Crippen LogP contribution is 2.37. The van der Waals surface area contributed by atoms with Crippen LogP contribution in [-0.2, 0) is 11.3 Å². The molecule has 29 heavy (non-hydrogen) atoms. The van der Waals surface area contributed by atoms with E-state index in [2.05, 4.69) is 5.32 Å². The van der Waals surface area contributed by atoms with Crippen molar-refractivity contribution in [2.45, 2.75) is 25.1 Å². The summed E-state index contributed by atoms with van der Waals surface area (Å²) in [5, 5.41) is 12.8. The van der Waals surface area contributed by atoms with Crippen molar-refractivity contribution >= 4 is 5.91 Å². The van der Waals surface area contributed by atoms with Crippen molar-refractivity contribution in [1.82, 2.24) is 5.32 Å². The van der Waals surface area contributed by atoms with E-state index in [1.165, 1.54) is 7.11 Å². The number of aliphatic hydroxyl groups excluding tert-OH is 1. The van der Waals surface area contributed by atoms with Gasteiger partial charge in [-0.25, -0.2) is 0 Å². The molecule has 0 bridgehead atoms. The number of methoxy groups -OCH3 is 2. The molecule has 0 spiro atoms. The number of carbonyl (C=O) groups is 1. The van der Waals surface area contributed by atoms with Crippen LogP contribution in [0.5, 0.6) is 23.0 Å². The summed E-state index contributed by atoms with van der Waals surface area (Å²) in [7, 11) is 3.05. The van der Waals surface area contributed by atoms with Gasteiger partial charge in [0.25, 0.3) is 5.91 Å². The molecular formula is C21H26N2O6. The zero-order valence-corrected chi connectivity index (χ0v) is 16.5. The molecule has 1 aliphatic heterocycles. The van der Waals surface area contributed by atoms with Gasteiger partial charge in [0.2, 0.25) is 0 Å². The number of rotatable bonds is 7. The van der Waals surface area contributed by atoms with E-state index in [1.54, 1.807) is 37.4 Å². The van der Waals surface area contributed by atoms with Gasteiger partial charge in [0.15, 0.2) is 23.0 Å². The van der Waals surface area contributed by atoms with Crippen molar-refractivity contribution < 1.29 is 28.8 Å². The molecule has 0 aromatic heterocycles. The van der Waals surface area contributed by atoms with E-state index in [0.717, 1.165) is 5.56 Å². The summed E-state index contributed by atoms with van der Waals surface area (Å²) in [5.41, 5.74) is 6.97. The molecule has 0 unspecified atom stereocenters. The number of aliphatic hydroxyl groups is 1. The third-order valence-corrected chi connectivity index (χ3v) is 4.75. The fraction of sp³-hybridized carbons (Fsp3) is 0.381. The van der Waals surface area contributed by atoms with Gasteiger partial charge in [0, 0.05) is 18.7 Å². The molecule has 1 aliphatic rings. The monoisotopic (exact) mass is 402 g/mol. The molecule has 3 rings (SSSR count). The van der Waals surface area contributed by atoms with Gasteiger partial charge < -0.3 is 35.1 Å². The third kappa shape index (κ3) is 4.97. The van der Waals surface area contributed by atoms with Crippen molar-refractivity contribution in [2.24, 2.45) is 5.73 Å². The Morgan fingerprint density at radius 3 is 2.48 bits per heavy atom. The van der Waals surface area contributed by atoms with Gasteiger partial charge >= 0.3 is 0 Å². The van der Waals surface area contributed by atoms with Gasteiger partial charge in [0.1, 0.15) is 0 Å². The lowest BCUT2D eigenvalue weighted by Crippen LogP contribution is -2.49. The Kier molecular flexibility index (Phi) is 6.92. The van der Waals surface area contributed by atoms with Crippen LogP contribution in [0.1, 0.15) is 22.3 Å². The number of nitrogens with one attached hydrogen (secondary N) is 1. The number of carbonyl (C=O) groups excluding carboxylic acids is 1. The van der Waals surface area contributed by atoms with Crippen LogP contribution in [0, 0.1) is 0 Å². The van der Waals surface area contributed by atoms with Crippen LogP contribution in [0.2, 0.25) is 0 Å². The van der Waals surface area contributed by atoms with Gasteiger partial charge in [-0.3, -0.25) is 4.79 Å². The molecule has 2 atom stereocenters. The first-order valence-electron chi connectivity index (χ1n) is 9.35. The Labute approximate surface area is 169 Å². The summed E-state index contributed by atoms with van der Waals surface area (Å²) in [5.74, 6) is 1.55. The average molecular weight is 402 g/mol. The summed E-state index contributed by atoms with van der Waals surface area (Å²) in [6.45, 7) is 1.16. The highest BCUT2D eigenvalue weighted by Gasteiger charge is 2.26. The molecule has 0 aliphatic carbocycles. The minimum Gasteiger partial charge on any atom is -0.493 e. The maximum absolute atomic E-state index is 12.6. The fourth-order valence-electron chi connectivity index (χ4n) is 3.05. The Morgan fingerprint density at radius 2 is 1.83 bits per heavy atom. The van der Waals surface area contributed by atoms with E-state index >= 15 is 0 Å². The zero-order chi connectivity index (χ0) is 20.8. The first-order valence-corrected chi connectivity index (χ1v) is 9.35. The van der Waals surface area contributed by atoms with Gasteiger partial charge in [0.05, 0.1) is 33.0 Å². The highest BCUT2D eigenvalue weighted by molar-refractivity contribution is 5.95. The molecule has 2 aromatic rings. The van der Waals surface area contributed by atoms with E-state index in [0.29, 0.717) is 48.1 Å². The van der Waals surface area contributed by atoms with Crippen molar-refractivity contribution in [3.05, 3.63) is 47.5 Å². The minimum absolute atomic E-state index is 0.282. The standard InChI is InChI=1S/C21H26N2O6/c1-26-19-9-13(11-22)3-5-17(19)29-18-6-4-14(10-20(18)27-2)21(25)23-15-12-28-8-7-16(15)24/h3-6,9-10,15-16,24H,7-8,11-12,22H2,1-2H3,(H,23,25)/t15-,16-/m1/s1. The number of nitrogens with two attached hydrogens (primary N) is 1. The predicted octanol–water partition coefficient (Wildman–Crippen LogP) is 1.83. The normalized spacial score (nSPS) is 18.8. The second-order valence-electron chi connectivity index (χ2n) is 6.67. The molecule has 156 valence electrons. The van der Waals surface area contributed by atoms with E-state index < -0.39 is 12.1 Å². The van der Waals surface area contributed by atoms with Crippen molar-refractivity contribution in [3.63, 3.8) is 0 Å². The molecular weight excluding hydrogens is 376 g/mol. The van der Waals surface area contributed by atoms with Crippen LogP contribution in [0.3, 0.4) is 0 Å². The van der Waals surface area contributed by atoms with Crippen LogP contribution in [-0.4, -0.2) is 50.6 Å². The second kappa shape index (κ2) is 9.60. The van der Waals surface area contributed by atoms with E-state index in [1.807, 2.05) is 6.07 Å². The van der Waals surface area contributed by atoms with Crippen molar-refractivity contribution in [2.75, 3.05) is 27.4 Å². The largest absolute Gasteiger partial charge is 0.493 e. The van der Waals surface area contributed by atoms with Crippen LogP contribution in [0.25, 0.3) is 0 Å². The summed E-state index contributed by atoms with van der Waals surface area (Å²) in [6, 6.07) is 9.85. The number of hydrogen-bond donors (Lipinski definition) is 3. The lowest BCUT2D eigenvalue weighted by molar-refractivity contribution is -0.0140. The molecule has 0 radical (unpaired) electrons. The zero-order valence-electron chi connectivity index (χ0n) is 16.5. The minimum atomic E-state index is -0.624. The number of benzene rings is 2. The average Bonchev–Trinajstić information content (AvgIpc) is 2.75. The molecule has 8 heteroatoms. The maximum atomic E-state index is 12.6. The summed E-state index contributed by atoms with van der Waals surface area (Å²) in [4.78, 5) is 12.6. The molecule has 1 heterocycles. The quantitative estimate of drug-likeness (QED) is 0.648. The van der Waals surface area contributed by atoms with Crippen molar-refractivity contribution in [1.29, 1.82) is 0 Å². The number of amides is 1. The molecule has 8 nitrogen and oxygen atoms in total. The SMILES string of the molecule is COc1cc(CN)ccc1Oc1ccc(C(=O)N[C@@H]2COCC[C@H]2O)cc1OC. The summed E-state index contributed by atoms with van der Waals surface area (Å²) >= 11 is 0. The Morgan fingerprint density at radius 1 is 1.14 bits per heavy atom. The summed E-state index contributed by atoms with van der Waals surface area (Å²) in [6.07, 6.45) is -0.132. The van der Waals surface area contributed by atoms with Crippen LogP contribution in [0.15, 0.2) is 36.4 Å². The molecule has 2 aromatic carbocycles. The molecule has 4 N–H and O–H groups in total. The Balaban J connectivity index is 1.77. The van der Waals surface area contributed by atoms with Crippen LogP contribution < -0.4 is 25.3 Å². The molecule has 1 saturated heterocycles. The van der Waals surface area contributed by atoms with Crippen LogP contribution in [0.4, 0.5) is 0 Å². The lowest BCUT2D eigenvalue weighted by atomic mass is 10.1. The smallest absolute Gasteiger partial charge is 0.251 e. The second-order valence-corrected chi connectivity index (χ2v) is 6.67. The maximum Gasteiger partial charge on any atom is 0.251 e. The lowest BCUT2D eigenvalue weighted by Gasteiger charge is -2.28. The third-order valence-electron chi connectivity index (χ3n) is 4.75. The highest BCUT2D eigenvalue weighted by atomic mass is 16.5. The van der Waals surface area contributed by atoms with E-state index in [-0.39, 0.29) is 12.5 Å². The topological polar surface area (TPSA) is 112 Å². The predicted molar refractivity (Wildman–Crippen MR) is 107 cm³/mol. The first-order chi connectivity index (χ1) is 14.0. The number of hydrogen-bond acceptors (Lipinski definition) is 7. The molecule has 1 fully saturated rings. The van der Waals surface area contributed by atoms with E-state index in [9.17, 15) is 9.90 Å². The molecule has 0 saturated carbocycles. The van der Waals surface area contributed by atoms with Gasteiger partial charge in [-0.15, -0.1) is 0 Å². The number of ether oxygens (including phenoxy) is 4. The van der Waals surface area contributed by atoms with Gasteiger partial charge in [-0.2, -0.15) is 0 Å². The van der Waals surface area contributed by atoms with Gasteiger partial charge in [-0.05, 0) is 42.3 Å². The Hall–Kier alpha value is -2.81. The Bertz CT molecular complexity index is 857. The fourth-order valence-corrected chi connectivity index (χ4v) is 3.05. The molecule has 1 amide bonds. The van der Waals surface area contributed by atoms with Gasteiger partial charge in [-0.1, -0.05) is 6.07 Å². The summed E-state index contributed by atoms with van der Waals surface area (Å²) < 4.78 is 22.0. The van der Waals surface area contributed by atoms with Crippen LogP contribution >= 0.6 is 0 Å².